The highest BCUT2D eigenvalue weighted by molar-refractivity contribution is 5.91. The molecule has 32 heavy (non-hydrogen) atoms. The molecule has 1 fully saturated rings. The molecule has 9 nitrogen and oxygen atoms in total. The van der Waals surface area contributed by atoms with Crippen LogP contribution in [0.5, 0.6) is 0 Å². The van der Waals surface area contributed by atoms with Crippen LogP contribution in [0.25, 0.3) is 0 Å². The highest BCUT2D eigenvalue weighted by Crippen LogP contribution is 2.36. The molecule has 3 rings (SSSR count). The Kier molecular flexibility index (Phi) is 7.09. The van der Waals surface area contributed by atoms with E-state index >= 15 is 0 Å². The monoisotopic (exact) mass is 456 g/mol. The van der Waals surface area contributed by atoms with Crippen LogP contribution in [0.4, 0.5) is 23.8 Å². The van der Waals surface area contributed by atoms with Crippen LogP contribution in [0.3, 0.4) is 0 Å². The first kappa shape index (κ1) is 23.6. The highest BCUT2D eigenvalue weighted by Gasteiger charge is 2.37. The number of hydrogen-bond acceptors (Lipinski definition) is 5. The first-order chi connectivity index (χ1) is 15.1. The average Bonchev–Trinajstić information content (AvgIpc) is 3.41. The fraction of sp³-hybridized carbons (Fsp3) is 0.600. The van der Waals surface area contributed by atoms with E-state index in [-0.39, 0.29) is 29.4 Å². The molecule has 2 amide bonds. The summed E-state index contributed by atoms with van der Waals surface area (Å²) in [6.07, 6.45) is -1.77. The van der Waals surface area contributed by atoms with E-state index in [1.165, 1.54) is 7.05 Å². The van der Waals surface area contributed by atoms with Crippen LogP contribution >= 0.6 is 0 Å². The van der Waals surface area contributed by atoms with E-state index in [0.29, 0.717) is 17.5 Å². The second kappa shape index (κ2) is 9.61. The summed E-state index contributed by atoms with van der Waals surface area (Å²) < 4.78 is 45.6. The summed E-state index contributed by atoms with van der Waals surface area (Å²) in [4.78, 5) is 24.2. The number of aromatic nitrogens is 4. The number of rotatable bonds is 7. The zero-order chi connectivity index (χ0) is 23.5. The number of nitrogens with one attached hydrogen (secondary N) is 3. The predicted molar refractivity (Wildman–Crippen MR) is 109 cm³/mol. The van der Waals surface area contributed by atoms with Gasteiger partial charge in [0.15, 0.2) is 5.82 Å². The standard InChI is InChI=1S/C20H27F3N6O3/c1-4-11(2)25-19(31)32-14-6-5-12(7-14)15-9-16(28-27-15)26-17(30)8-13-10-24-29(3)18(13)20(21,22)23/h9-12,14H,4-8H2,1-3H3,(H,25,31)(H2,26,27,28,30)/t11-,12-,14+/m0/s1. The molecule has 1 aliphatic carbocycles. The summed E-state index contributed by atoms with van der Waals surface area (Å²) in [7, 11) is 1.18. The van der Waals surface area contributed by atoms with Gasteiger partial charge in [-0.3, -0.25) is 14.6 Å². The molecule has 2 aromatic rings. The van der Waals surface area contributed by atoms with Crippen molar-refractivity contribution in [2.75, 3.05) is 5.32 Å². The summed E-state index contributed by atoms with van der Waals surface area (Å²) in [5.74, 6) is -0.332. The van der Waals surface area contributed by atoms with Gasteiger partial charge in [-0.05, 0) is 32.6 Å². The number of H-pyrrole nitrogens is 1. The van der Waals surface area contributed by atoms with Crippen molar-refractivity contribution >= 4 is 17.8 Å². The SMILES string of the molecule is CC[C@H](C)NC(=O)O[C@@H]1CC[C@H](c2cc(NC(=O)Cc3cnn(C)c3C(F)(F)F)n[nH]2)C1. The number of nitrogens with zero attached hydrogens (tertiary/aromatic N) is 3. The molecule has 0 saturated heterocycles. The number of aryl methyl sites for hydroxylation is 1. The Morgan fingerprint density at radius 2 is 2.12 bits per heavy atom. The van der Waals surface area contributed by atoms with E-state index in [9.17, 15) is 22.8 Å². The van der Waals surface area contributed by atoms with Crippen LogP contribution in [-0.4, -0.2) is 44.1 Å². The molecule has 0 aliphatic heterocycles. The van der Waals surface area contributed by atoms with Crippen molar-refractivity contribution in [1.29, 1.82) is 0 Å². The summed E-state index contributed by atoms with van der Waals surface area (Å²) in [6.45, 7) is 3.87. The second-order valence-electron chi connectivity index (χ2n) is 8.06. The number of anilines is 1. The molecule has 3 atom stereocenters. The third-order valence-corrected chi connectivity index (χ3v) is 5.57. The minimum atomic E-state index is -4.60. The molecule has 0 bridgehead atoms. The van der Waals surface area contributed by atoms with E-state index in [0.717, 1.165) is 24.7 Å². The molecule has 176 valence electrons. The second-order valence-corrected chi connectivity index (χ2v) is 8.06. The van der Waals surface area contributed by atoms with Gasteiger partial charge in [0, 0.05) is 36.3 Å². The molecular weight excluding hydrogens is 429 g/mol. The van der Waals surface area contributed by atoms with Crippen molar-refractivity contribution in [3.8, 4) is 0 Å². The van der Waals surface area contributed by atoms with E-state index < -0.39 is 30.3 Å². The fourth-order valence-electron chi connectivity index (χ4n) is 3.77. The van der Waals surface area contributed by atoms with Crippen molar-refractivity contribution in [2.24, 2.45) is 7.05 Å². The van der Waals surface area contributed by atoms with E-state index in [1.54, 1.807) is 6.07 Å². The van der Waals surface area contributed by atoms with Crippen molar-refractivity contribution in [3.63, 3.8) is 0 Å². The minimum Gasteiger partial charge on any atom is -0.446 e. The minimum absolute atomic E-state index is 0.0392. The molecule has 1 aliphatic rings. The van der Waals surface area contributed by atoms with Gasteiger partial charge in [-0.1, -0.05) is 6.92 Å². The predicted octanol–water partition coefficient (Wildman–Crippen LogP) is 3.50. The smallest absolute Gasteiger partial charge is 0.433 e. The van der Waals surface area contributed by atoms with Crippen LogP contribution in [0.1, 0.15) is 62.4 Å². The number of alkyl halides is 3. The van der Waals surface area contributed by atoms with Crippen LogP contribution < -0.4 is 10.6 Å². The molecule has 2 aromatic heterocycles. The number of hydrogen-bond donors (Lipinski definition) is 3. The summed E-state index contributed by atoms with van der Waals surface area (Å²) in [5, 5.41) is 15.8. The van der Waals surface area contributed by atoms with Crippen LogP contribution in [0, 0.1) is 0 Å². The molecule has 2 heterocycles. The van der Waals surface area contributed by atoms with Crippen LogP contribution in [0.2, 0.25) is 0 Å². The highest BCUT2D eigenvalue weighted by atomic mass is 19.4. The van der Waals surface area contributed by atoms with Gasteiger partial charge in [-0.15, -0.1) is 0 Å². The summed E-state index contributed by atoms with van der Waals surface area (Å²) >= 11 is 0. The largest absolute Gasteiger partial charge is 0.446 e. The Morgan fingerprint density at radius 3 is 2.81 bits per heavy atom. The van der Waals surface area contributed by atoms with Crippen LogP contribution in [-0.2, 0) is 29.2 Å². The van der Waals surface area contributed by atoms with Gasteiger partial charge in [0.05, 0.1) is 12.6 Å². The summed E-state index contributed by atoms with van der Waals surface area (Å²) in [5.41, 5.74) is -0.393. The maximum absolute atomic E-state index is 13.1. The number of amides is 2. The maximum atomic E-state index is 13.1. The Balaban J connectivity index is 1.53. The van der Waals surface area contributed by atoms with Gasteiger partial charge in [-0.25, -0.2) is 4.79 Å². The Labute approximate surface area is 183 Å². The fourth-order valence-corrected chi connectivity index (χ4v) is 3.77. The number of carbonyl (C=O) groups is 2. The lowest BCUT2D eigenvalue weighted by atomic mass is 10.0. The normalized spacial score (nSPS) is 19.6. The van der Waals surface area contributed by atoms with Crippen molar-refractivity contribution in [2.45, 2.75) is 70.2 Å². The van der Waals surface area contributed by atoms with Crippen LogP contribution in [0.15, 0.2) is 12.3 Å². The Bertz CT molecular complexity index is 955. The maximum Gasteiger partial charge on any atom is 0.433 e. The van der Waals surface area contributed by atoms with Crippen molar-refractivity contribution in [3.05, 3.63) is 29.2 Å². The Morgan fingerprint density at radius 1 is 1.38 bits per heavy atom. The zero-order valence-corrected chi connectivity index (χ0v) is 18.1. The van der Waals surface area contributed by atoms with Gasteiger partial charge < -0.3 is 15.4 Å². The lowest BCUT2D eigenvalue weighted by molar-refractivity contribution is -0.144. The molecule has 0 spiro atoms. The summed E-state index contributed by atoms with van der Waals surface area (Å²) in [6, 6.07) is 1.69. The molecule has 3 N–H and O–H groups in total. The number of alkyl carbamates (subject to hydrolysis) is 1. The molecule has 0 radical (unpaired) electrons. The van der Waals surface area contributed by atoms with Crippen molar-refractivity contribution < 1.29 is 27.5 Å². The van der Waals surface area contributed by atoms with Gasteiger partial charge in [-0.2, -0.15) is 23.4 Å². The topological polar surface area (TPSA) is 114 Å². The quantitative estimate of drug-likeness (QED) is 0.590. The zero-order valence-electron chi connectivity index (χ0n) is 18.1. The third-order valence-electron chi connectivity index (χ3n) is 5.57. The molecule has 0 unspecified atom stereocenters. The van der Waals surface area contributed by atoms with E-state index in [1.807, 2.05) is 13.8 Å². The van der Waals surface area contributed by atoms with E-state index in [2.05, 4.69) is 25.9 Å². The van der Waals surface area contributed by atoms with Gasteiger partial charge in [0.1, 0.15) is 11.8 Å². The molecule has 0 aromatic carbocycles. The number of ether oxygens (including phenoxy) is 1. The lowest BCUT2D eigenvalue weighted by Crippen LogP contribution is -2.34. The third kappa shape index (κ3) is 5.80. The number of carbonyl (C=O) groups excluding carboxylic acids is 2. The van der Waals surface area contributed by atoms with Gasteiger partial charge >= 0.3 is 12.3 Å². The van der Waals surface area contributed by atoms with Crippen molar-refractivity contribution in [1.82, 2.24) is 25.3 Å². The van der Waals surface area contributed by atoms with Gasteiger partial charge in [0.25, 0.3) is 0 Å². The lowest BCUT2D eigenvalue weighted by Gasteiger charge is -2.16. The number of aromatic amines is 1. The molecular formula is C20H27F3N6O3. The molecule has 12 heteroatoms. The molecule has 1 saturated carbocycles. The average molecular weight is 456 g/mol. The Hall–Kier alpha value is -3.05. The number of halogens is 3. The van der Waals surface area contributed by atoms with Gasteiger partial charge in [0.2, 0.25) is 5.91 Å². The van der Waals surface area contributed by atoms with E-state index in [4.69, 9.17) is 4.74 Å². The first-order valence-corrected chi connectivity index (χ1v) is 10.5. The first-order valence-electron chi connectivity index (χ1n) is 10.5.